The predicted octanol–water partition coefficient (Wildman–Crippen LogP) is 2.57. The maximum atomic E-state index is 12.4. The summed E-state index contributed by atoms with van der Waals surface area (Å²) in [6.07, 6.45) is -4.39. The number of ether oxygens (including phenoxy) is 1. The third kappa shape index (κ3) is 2.47. The molecule has 1 aromatic rings. The fourth-order valence-electron chi connectivity index (χ4n) is 1.94. The van der Waals surface area contributed by atoms with Gasteiger partial charge < -0.3 is 4.74 Å². The molecule has 1 heterocycles. The average Bonchev–Trinajstić information content (AvgIpc) is 2.37. The zero-order valence-corrected chi connectivity index (χ0v) is 10.1. The van der Waals surface area contributed by atoms with Gasteiger partial charge in [0.15, 0.2) is 5.78 Å². The van der Waals surface area contributed by atoms with Crippen molar-refractivity contribution >= 4 is 11.6 Å². The normalized spacial score (nSPS) is 18.7. The van der Waals surface area contributed by atoms with Crippen LogP contribution in [0.15, 0.2) is 18.2 Å². The molecule has 1 aromatic carbocycles. The Morgan fingerprint density at radius 1 is 1.42 bits per heavy atom. The van der Waals surface area contributed by atoms with E-state index in [-0.39, 0.29) is 11.3 Å². The summed E-state index contributed by atoms with van der Waals surface area (Å²) >= 11 is 0. The van der Waals surface area contributed by atoms with E-state index in [1.54, 1.807) is 12.1 Å². The first-order valence-corrected chi connectivity index (χ1v) is 5.75. The van der Waals surface area contributed by atoms with Gasteiger partial charge in [-0.05, 0) is 24.1 Å². The molecule has 6 heteroatoms. The Balaban J connectivity index is 2.36. The van der Waals surface area contributed by atoms with Crippen molar-refractivity contribution in [3.05, 3.63) is 29.3 Å². The van der Waals surface area contributed by atoms with Crippen LogP contribution in [0.1, 0.15) is 22.8 Å². The highest BCUT2D eigenvalue weighted by molar-refractivity contribution is 6.14. The molecule has 1 unspecified atom stereocenters. The van der Waals surface area contributed by atoms with E-state index in [1.807, 2.05) is 6.92 Å². The molecule has 0 spiro atoms. The Labute approximate surface area is 107 Å². The van der Waals surface area contributed by atoms with Crippen LogP contribution >= 0.6 is 0 Å². The second-order valence-corrected chi connectivity index (χ2v) is 4.27. The number of aryl methyl sites for hydroxylation is 1. The number of benzene rings is 1. The molecular formula is C13H11F3O3. The second kappa shape index (κ2) is 4.68. The molecule has 0 N–H and O–H groups in total. The highest BCUT2D eigenvalue weighted by Gasteiger charge is 2.48. The summed E-state index contributed by atoms with van der Waals surface area (Å²) in [5.41, 5.74) is 0.851. The van der Waals surface area contributed by atoms with E-state index in [9.17, 15) is 22.8 Å². The Kier molecular flexibility index (Phi) is 3.34. The molecule has 1 aliphatic rings. The highest BCUT2D eigenvalue weighted by atomic mass is 19.4. The van der Waals surface area contributed by atoms with Gasteiger partial charge in [-0.25, -0.2) is 0 Å². The van der Waals surface area contributed by atoms with Crippen LogP contribution in [-0.4, -0.2) is 24.3 Å². The van der Waals surface area contributed by atoms with Gasteiger partial charge in [-0.3, -0.25) is 9.59 Å². The van der Waals surface area contributed by atoms with Crippen molar-refractivity contribution < 1.29 is 27.5 Å². The van der Waals surface area contributed by atoms with Crippen molar-refractivity contribution in [2.24, 2.45) is 5.92 Å². The molecule has 19 heavy (non-hydrogen) atoms. The maximum absolute atomic E-state index is 12.4. The Hall–Kier alpha value is -1.85. The van der Waals surface area contributed by atoms with Crippen molar-refractivity contribution in [1.82, 2.24) is 0 Å². The number of rotatable bonds is 2. The lowest BCUT2D eigenvalue weighted by molar-refractivity contribution is -0.174. The number of hydrogen-bond acceptors (Lipinski definition) is 3. The van der Waals surface area contributed by atoms with Crippen molar-refractivity contribution in [3.63, 3.8) is 0 Å². The molecule has 0 fully saturated rings. The first kappa shape index (κ1) is 13.6. The topological polar surface area (TPSA) is 43.4 Å². The van der Waals surface area contributed by atoms with Gasteiger partial charge in [0.05, 0.1) is 5.56 Å². The highest BCUT2D eigenvalue weighted by Crippen LogP contribution is 2.32. The van der Waals surface area contributed by atoms with E-state index in [0.29, 0.717) is 6.42 Å². The predicted molar refractivity (Wildman–Crippen MR) is 60.2 cm³/mol. The van der Waals surface area contributed by atoms with E-state index in [2.05, 4.69) is 0 Å². The van der Waals surface area contributed by atoms with Crippen LogP contribution in [0.5, 0.6) is 5.75 Å². The third-order valence-corrected chi connectivity index (χ3v) is 3.04. The molecular weight excluding hydrogens is 261 g/mol. The summed E-state index contributed by atoms with van der Waals surface area (Å²) in [6, 6.07) is 4.76. The van der Waals surface area contributed by atoms with Crippen LogP contribution in [0.4, 0.5) is 13.2 Å². The van der Waals surface area contributed by atoms with Crippen LogP contribution in [0.2, 0.25) is 0 Å². The molecule has 0 aromatic heterocycles. The minimum absolute atomic E-state index is 0.0493. The number of alkyl halides is 3. The fourth-order valence-corrected chi connectivity index (χ4v) is 1.94. The monoisotopic (exact) mass is 272 g/mol. The summed E-state index contributed by atoms with van der Waals surface area (Å²) in [5.74, 6) is -4.43. The van der Waals surface area contributed by atoms with Crippen LogP contribution in [0, 0.1) is 5.92 Å². The number of Topliss-reactive ketones (excluding diaryl/α,β-unsaturated/α-hetero) is 2. The summed E-state index contributed by atoms with van der Waals surface area (Å²) in [6.45, 7) is 1.30. The van der Waals surface area contributed by atoms with E-state index in [1.165, 1.54) is 6.07 Å². The van der Waals surface area contributed by atoms with Gasteiger partial charge in [0, 0.05) is 0 Å². The van der Waals surface area contributed by atoms with Gasteiger partial charge in [0.1, 0.15) is 18.3 Å². The third-order valence-electron chi connectivity index (χ3n) is 3.04. The summed E-state index contributed by atoms with van der Waals surface area (Å²) in [7, 11) is 0. The minimum Gasteiger partial charge on any atom is -0.492 e. The molecule has 0 radical (unpaired) electrons. The zero-order chi connectivity index (χ0) is 14.2. The largest absolute Gasteiger partial charge is 0.492 e. The van der Waals surface area contributed by atoms with Gasteiger partial charge >= 0.3 is 6.18 Å². The van der Waals surface area contributed by atoms with Crippen LogP contribution in [0.25, 0.3) is 0 Å². The molecule has 102 valence electrons. The number of hydrogen-bond donors (Lipinski definition) is 0. The molecule has 1 aliphatic heterocycles. The SMILES string of the molecule is CCc1ccc2c(c1)C(=O)C(C(=O)C(F)(F)F)CO2. The minimum atomic E-state index is -5.02. The van der Waals surface area contributed by atoms with Crippen molar-refractivity contribution in [3.8, 4) is 5.75 Å². The van der Waals surface area contributed by atoms with Crippen LogP contribution in [-0.2, 0) is 11.2 Å². The Morgan fingerprint density at radius 2 is 2.11 bits per heavy atom. The van der Waals surface area contributed by atoms with Gasteiger partial charge in [-0.1, -0.05) is 13.0 Å². The average molecular weight is 272 g/mol. The Morgan fingerprint density at radius 3 is 2.68 bits per heavy atom. The number of halogens is 3. The molecule has 0 saturated carbocycles. The number of fused-ring (bicyclic) bond motifs is 1. The van der Waals surface area contributed by atoms with E-state index in [0.717, 1.165) is 5.56 Å². The van der Waals surface area contributed by atoms with Crippen LogP contribution < -0.4 is 4.74 Å². The molecule has 3 nitrogen and oxygen atoms in total. The van der Waals surface area contributed by atoms with Gasteiger partial charge in [-0.2, -0.15) is 13.2 Å². The van der Waals surface area contributed by atoms with E-state index in [4.69, 9.17) is 4.74 Å². The molecule has 1 atom stereocenters. The molecule has 0 saturated heterocycles. The van der Waals surface area contributed by atoms with Gasteiger partial charge in [0.25, 0.3) is 5.78 Å². The summed E-state index contributed by atoms with van der Waals surface area (Å²) < 4.78 is 42.2. The number of carbonyl (C=O) groups excluding carboxylic acids is 2. The number of ketones is 2. The van der Waals surface area contributed by atoms with Crippen LogP contribution in [0.3, 0.4) is 0 Å². The van der Waals surface area contributed by atoms with Crippen molar-refractivity contribution in [2.75, 3.05) is 6.61 Å². The van der Waals surface area contributed by atoms with Crippen molar-refractivity contribution in [1.29, 1.82) is 0 Å². The smallest absolute Gasteiger partial charge is 0.450 e. The lowest BCUT2D eigenvalue weighted by Crippen LogP contribution is -2.41. The molecule has 0 aliphatic carbocycles. The zero-order valence-electron chi connectivity index (χ0n) is 10.1. The quantitative estimate of drug-likeness (QED) is 0.777. The Bertz CT molecular complexity index is 534. The number of carbonyl (C=O) groups is 2. The first-order chi connectivity index (χ1) is 8.84. The van der Waals surface area contributed by atoms with Crippen molar-refractivity contribution in [2.45, 2.75) is 19.5 Å². The van der Waals surface area contributed by atoms with Gasteiger partial charge in [-0.15, -0.1) is 0 Å². The lowest BCUT2D eigenvalue weighted by atomic mass is 9.90. The standard InChI is InChI=1S/C13H11F3O3/c1-2-7-3-4-10-8(5-7)11(17)9(6-19-10)12(18)13(14,15)16/h3-5,9H,2,6H2,1H3. The maximum Gasteiger partial charge on any atom is 0.450 e. The van der Waals surface area contributed by atoms with E-state index < -0.39 is 30.3 Å². The molecule has 0 amide bonds. The molecule has 0 bridgehead atoms. The summed E-state index contributed by atoms with van der Waals surface area (Å²) in [5, 5.41) is 0. The second-order valence-electron chi connectivity index (χ2n) is 4.27. The first-order valence-electron chi connectivity index (χ1n) is 5.75. The van der Waals surface area contributed by atoms with E-state index >= 15 is 0 Å². The summed E-state index contributed by atoms with van der Waals surface area (Å²) in [4.78, 5) is 23.1. The molecule has 2 rings (SSSR count). The van der Waals surface area contributed by atoms with Gasteiger partial charge in [0.2, 0.25) is 0 Å². The fraction of sp³-hybridized carbons (Fsp3) is 0.385. The lowest BCUT2D eigenvalue weighted by Gasteiger charge is -2.24.